The predicted molar refractivity (Wildman–Crippen MR) is 60.5 cm³/mol. The van der Waals surface area contributed by atoms with E-state index in [-0.39, 0.29) is 0 Å². The van der Waals surface area contributed by atoms with Gasteiger partial charge in [-0.3, -0.25) is 0 Å². The van der Waals surface area contributed by atoms with Crippen LogP contribution in [-0.2, 0) is 4.74 Å². The summed E-state index contributed by atoms with van der Waals surface area (Å²) < 4.78 is 5.34. The second-order valence-corrected chi connectivity index (χ2v) is 4.70. The van der Waals surface area contributed by atoms with Gasteiger partial charge in [-0.15, -0.1) is 0 Å². The van der Waals surface area contributed by atoms with E-state index in [1.54, 1.807) is 0 Å². The van der Waals surface area contributed by atoms with Crippen molar-refractivity contribution in [3.05, 3.63) is 0 Å². The van der Waals surface area contributed by atoms with Gasteiger partial charge in [0.2, 0.25) is 0 Å². The maximum absolute atomic E-state index is 5.34. The Morgan fingerprint density at radius 3 is 2.50 bits per heavy atom. The van der Waals surface area contributed by atoms with Gasteiger partial charge in [-0.05, 0) is 32.1 Å². The zero-order chi connectivity index (χ0) is 10.4. The van der Waals surface area contributed by atoms with Crippen molar-refractivity contribution in [2.45, 2.75) is 58.5 Å². The van der Waals surface area contributed by atoms with Crippen LogP contribution in [0.2, 0.25) is 0 Å². The lowest BCUT2D eigenvalue weighted by molar-refractivity contribution is 0.0746. The van der Waals surface area contributed by atoms with E-state index in [0.717, 1.165) is 19.1 Å². The first-order valence-corrected chi connectivity index (χ1v) is 6.06. The van der Waals surface area contributed by atoms with Gasteiger partial charge in [0.15, 0.2) is 0 Å². The summed E-state index contributed by atoms with van der Waals surface area (Å²) in [6.45, 7) is 8.79. The molecule has 0 saturated carbocycles. The van der Waals surface area contributed by atoms with Crippen molar-refractivity contribution < 1.29 is 4.74 Å². The predicted octanol–water partition coefficient (Wildman–Crippen LogP) is 2.58. The number of ether oxygens (including phenoxy) is 1. The molecule has 0 spiro atoms. The zero-order valence-electron chi connectivity index (χ0n) is 9.88. The van der Waals surface area contributed by atoms with Gasteiger partial charge in [-0.25, -0.2) is 0 Å². The first kappa shape index (κ1) is 12.0. The maximum atomic E-state index is 5.34. The fourth-order valence-corrected chi connectivity index (χ4v) is 2.10. The van der Waals surface area contributed by atoms with Crippen LogP contribution in [0.5, 0.6) is 0 Å². The van der Waals surface area contributed by atoms with Crippen molar-refractivity contribution in [1.82, 2.24) is 5.32 Å². The SMILES string of the molecule is CCC(C)CC(C)NC1CCOCC1. The Bertz CT molecular complexity index is 143. The summed E-state index contributed by atoms with van der Waals surface area (Å²) >= 11 is 0. The molecule has 14 heavy (non-hydrogen) atoms. The minimum Gasteiger partial charge on any atom is -0.381 e. The van der Waals surface area contributed by atoms with Gasteiger partial charge in [0, 0.05) is 25.3 Å². The molecule has 1 aliphatic rings. The summed E-state index contributed by atoms with van der Waals surface area (Å²) in [7, 11) is 0. The molecule has 1 rings (SSSR count). The molecule has 1 N–H and O–H groups in total. The highest BCUT2D eigenvalue weighted by molar-refractivity contribution is 4.74. The highest BCUT2D eigenvalue weighted by Crippen LogP contribution is 2.12. The summed E-state index contributed by atoms with van der Waals surface area (Å²) in [5, 5.41) is 3.70. The lowest BCUT2D eigenvalue weighted by atomic mass is 9.99. The zero-order valence-corrected chi connectivity index (χ0v) is 9.88. The Kier molecular flexibility index (Phi) is 5.49. The molecule has 0 radical (unpaired) electrons. The molecular formula is C12H25NO. The second-order valence-electron chi connectivity index (χ2n) is 4.70. The molecule has 0 aliphatic carbocycles. The van der Waals surface area contributed by atoms with Gasteiger partial charge in [-0.1, -0.05) is 20.3 Å². The van der Waals surface area contributed by atoms with Gasteiger partial charge in [0.05, 0.1) is 0 Å². The minimum absolute atomic E-state index is 0.660. The molecule has 0 bridgehead atoms. The van der Waals surface area contributed by atoms with Crippen LogP contribution in [0.3, 0.4) is 0 Å². The molecule has 0 aromatic heterocycles. The number of hydrogen-bond donors (Lipinski definition) is 1. The molecule has 2 atom stereocenters. The molecule has 84 valence electrons. The molecule has 2 nitrogen and oxygen atoms in total. The van der Waals surface area contributed by atoms with E-state index in [4.69, 9.17) is 4.74 Å². The number of nitrogens with one attached hydrogen (secondary N) is 1. The minimum atomic E-state index is 0.660. The average Bonchev–Trinajstić information content (AvgIpc) is 2.19. The molecule has 1 fully saturated rings. The van der Waals surface area contributed by atoms with Crippen LogP contribution in [0.25, 0.3) is 0 Å². The fraction of sp³-hybridized carbons (Fsp3) is 1.00. The monoisotopic (exact) mass is 199 g/mol. The standard InChI is InChI=1S/C12H25NO/c1-4-10(2)9-11(3)13-12-5-7-14-8-6-12/h10-13H,4-9H2,1-3H3. The molecule has 0 aromatic rings. The molecule has 2 unspecified atom stereocenters. The van der Waals surface area contributed by atoms with E-state index < -0.39 is 0 Å². The second kappa shape index (κ2) is 6.41. The number of hydrogen-bond acceptors (Lipinski definition) is 2. The van der Waals surface area contributed by atoms with Crippen molar-refractivity contribution in [3.8, 4) is 0 Å². The van der Waals surface area contributed by atoms with Crippen LogP contribution in [0.4, 0.5) is 0 Å². The third kappa shape index (κ3) is 4.43. The summed E-state index contributed by atoms with van der Waals surface area (Å²) in [4.78, 5) is 0. The van der Waals surface area contributed by atoms with Crippen LogP contribution in [-0.4, -0.2) is 25.3 Å². The van der Waals surface area contributed by atoms with Crippen LogP contribution < -0.4 is 5.32 Å². The van der Waals surface area contributed by atoms with E-state index in [1.807, 2.05) is 0 Å². The lowest BCUT2D eigenvalue weighted by Crippen LogP contribution is -2.40. The van der Waals surface area contributed by atoms with Crippen LogP contribution in [0.1, 0.15) is 46.5 Å². The summed E-state index contributed by atoms with van der Waals surface area (Å²) in [5.74, 6) is 0.845. The van der Waals surface area contributed by atoms with Gasteiger partial charge < -0.3 is 10.1 Å². The largest absolute Gasteiger partial charge is 0.381 e. The van der Waals surface area contributed by atoms with Crippen molar-refractivity contribution in [3.63, 3.8) is 0 Å². The van der Waals surface area contributed by atoms with E-state index in [9.17, 15) is 0 Å². The molecule has 2 heteroatoms. The van der Waals surface area contributed by atoms with Gasteiger partial charge in [0.1, 0.15) is 0 Å². The van der Waals surface area contributed by atoms with Crippen molar-refractivity contribution >= 4 is 0 Å². The van der Waals surface area contributed by atoms with E-state index in [0.29, 0.717) is 12.1 Å². The van der Waals surface area contributed by atoms with Crippen molar-refractivity contribution in [2.24, 2.45) is 5.92 Å². The Morgan fingerprint density at radius 2 is 1.93 bits per heavy atom. The van der Waals surface area contributed by atoms with E-state index in [1.165, 1.54) is 25.7 Å². The van der Waals surface area contributed by atoms with Crippen LogP contribution >= 0.6 is 0 Å². The lowest BCUT2D eigenvalue weighted by Gasteiger charge is -2.27. The summed E-state index contributed by atoms with van der Waals surface area (Å²) in [6.07, 6.45) is 4.96. The smallest absolute Gasteiger partial charge is 0.0480 e. The highest BCUT2D eigenvalue weighted by atomic mass is 16.5. The first-order valence-electron chi connectivity index (χ1n) is 6.06. The Morgan fingerprint density at radius 1 is 1.29 bits per heavy atom. The average molecular weight is 199 g/mol. The summed E-state index contributed by atoms with van der Waals surface area (Å²) in [5.41, 5.74) is 0. The van der Waals surface area contributed by atoms with Crippen molar-refractivity contribution in [2.75, 3.05) is 13.2 Å². The topological polar surface area (TPSA) is 21.3 Å². The van der Waals surface area contributed by atoms with Gasteiger partial charge >= 0.3 is 0 Å². The van der Waals surface area contributed by atoms with Crippen LogP contribution in [0.15, 0.2) is 0 Å². The third-order valence-corrected chi connectivity index (χ3v) is 3.19. The van der Waals surface area contributed by atoms with Crippen molar-refractivity contribution in [1.29, 1.82) is 0 Å². The molecule has 0 aromatic carbocycles. The Balaban J connectivity index is 2.14. The summed E-state index contributed by atoms with van der Waals surface area (Å²) in [6, 6.07) is 1.36. The normalized spacial score (nSPS) is 23.4. The van der Waals surface area contributed by atoms with E-state index in [2.05, 4.69) is 26.1 Å². The molecule has 0 amide bonds. The Hall–Kier alpha value is -0.0800. The molecular weight excluding hydrogens is 174 g/mol. The first-order chi connectivity index (χ1) is 6.72. The molecule has 1 heterocycles. The Labute approximate surface area is 88.4 Å². The highest BCUT2D eigenvalue weighted by Gasteiger charge is 2.16. The number of rotatable bonds is 5. The maximum Gasteiger partial charge on any atom is 0.0480 e. The fourth-order valence-electron chi connectivity index (χ4n) is 2.10. The van der Waals surface area contributed by atoms with E-state index >= 15 is 0 Å². The van der Waals surface area contributed by atoms with Gasteiger partial charge in [-0.2, -0.15) is 0 Å². The quantitative estimate of drug-likeness (QED) is 0.735. The molecule has 1 saturated heterocycles. The van der Waals surface area contributed by atoms with Gasteiger partial charge in [0.25, 0.3) is 0 Å². The molecule has 1 aliphatic heterocycles. The van der Waals surface area contributed by atoms with Crippen LogP contribution in [0, 0.1) is 5.92 Å². The third-order valence-electron chi connectivity index (χ3n) is 3.19.